The molecule has 0 spiro atoms. The molecule has 0 radical (unpaired) electrons. The van der Waals surface area contributed by atoms with Gasteiger partial charge in [0.15, 0.2) is 0 Å². The molecule has 0 aromatic carbocycles. The fourth-order valence-electron chi connectivity index (χ4n) is 2.45. The number of aliphatic hydroxyl groups is 1. The van der Waals surface area contributed by atoms with E-state index in [-0.39, 0.29) is 13.0 Å². The Morgan fingerprint density at radius 2 is 1.31 bits per heavy atom. The lowest BCUT2D eigenvalue weighted by Gasteiger charge is -2.24. The molecule has 12 N–H and O–H groups in total. The van der Waals surface area contributed by atoms with Gasteiger partial charge in [0.25, 0.3) is 0 Å². The number of nitrogens with one attached hydrogen (secondary N) is 3. The van der Waals surface area contributed by atoms with Crippen LogP contribution in [0.2, 0.25) is 0 Å². The summed E-state index contributed by atoms with van der Waals surface area (Å²) >= 11 is 0. The summed E-state index contributed by atoms with van der Waals surface area (Å²) in [5, 5.41) is 33.5. The van der Waals surface area contributed by atoms with Crippen LogP contribution in [0.1, 0.15) is 32.1 Å². The van der Waals surface area contributed by atoms with Crippen LogP contribution in [-0.4, -0.2) is 88.2 Å². The number of carbonyl (C=O) groups excluding carboxylic acids is 4. The van der Waals surface area contributed by atoms with Crippen molar-refractivity contribution in [2.75, 3.05) is 13.2 Å². The first-order valence-electron chi connectivity index (χ1n) is 9.63. The van der Waals surface area contributed by atoms with Crippen molar-refractivity contribution >= 4 is 35.6 Å². The van der Waals surface area contributed by atoms with E-state index in [1.807, 2.05) is 0 Å². The summed E-state index contributed by atoms with van der Waals surface area (Å²) in [4.78, 5) is 70.3. The molecule has 0 bridgehead atoms. The normalized spacial score (nSPS) is 14.3. The Hall–Kier alpha value is -3.30. The van der Waals surface area contributed by atoms with E-state index in [0.717, 1.165) is 0 Å². The van der Waals surface area contributed by atoms with Crippen LogP contribution in [0.25, 0.3) is 0 Å². The molecule has 0 rings (SSSR count). The van der Waals surface area contributed by atoms with Gasteiger partial charge in [-0.15, -0.1) is 0 Å². The summed E-state index contributed by atoms with van der Waals surface area (Å²) in [5.74, 6) is -6.97. The summed E-state index contributed by atoms with van der Waals surface area (Å²) in [6, 6.07) is -6.02. The van der Waals surface area contributed by atoms with Gasteiger partial charge in [-0.05, 0) is 25.8 Å². The molecule has 15 heteroatoms. The van der Waals surface area contributed by atoms with E-state index in [1.54, 1.807) is 0 Å². The van der Waals surface area contributed by atoms with Gasteiger partial charge in [-0.2, -0.15) is 0 Å². The van der Waals surface area contributed by atoms with Crippen molar-refractivity contribution in [1.82, 2.24) is 16.0 Å². The van der Waals surface area contributed by atoms with Crippen molar-refractivity contribution in [3.05, 3.63) is 0 Å². The number of rotatable bonds is 16. The van der Waals surface area contributed by atoms with E-state index < -0.39 is 79.2 Å². The number of carbonyl (C=O) groups is 6. The van der Waals surface area contributed by atoms with E-state index >= 15 is 0 Å². The van der Waals surface area contributed by atoms with Gasteiger partial charge in [-0.3, -0.25) is 24.0 Å². The minimum absolute atomic E-state index is 0.00156. The van der Waals surface area contributed by atoms with Gasteiger partial charge in [0.2, 0.25) is 23.6 Å². The Bertz CT molecular complexity index is 702. The summed E-state index contributed by atoms with van der Waals surface area (Å²) in [6.45, 7) is -0.480. The van der Waals surface area contributed by atoms with E-state index in [4.69, 9.17) is 32.5 Å². The van der Waals surface area contributed by atoms with Crippen LogP contribution in [0.5, 0.6) is 0 Å². The highest BCUT2D eigenvalue weighted by Gasteiger charge is 2.31. The van der Waals surface area contributed by atoms with Crippen molar-refractivity contribution in [1.29, 1.82) is 0 Å². The molecular weight excluding hydrogens is 432 g/mol. The third kappa shape index (κ3) is 11.2. The second-order valence-electron chi connectivity index (χ2n) is 6.86. The summed E-state index contributed by atoms with van der Waals surface area (Å²) in [7, 11) is 0. The zero-order valence-electron chi connectivity index (χ0n) is 17.3. The number of hydrogen-bond donors (Lipinski definition) is 9. The molecule has 15 nitrogen and oxygen atoms in total. The molecule has 0 aromatic heterocycles. The van der Waals surface area contributed by atoms with Crippen LogP contribution < -0.4 is 33.2 Å². The number of aliphatic carboxylic acids is 2. The van der Waals surface area contributed by atoms with Gasteiger partial charge in [0.05, 0.1) is 19.4 Å². The fourth-order valence-corrected chi connectivity index (χ4v) is 2.45. The molecule has 0 saturated heterocycles. The smallest absolute Gasteiger partial charge is 0.326 e. The molecule has 0 aliphatic heterocycles. The lowest BCUT2D eigenvalue weighted by atomic mass is 10.1. The maximum atomic E-state index is 12.6. The van der Waals surface area contributed by atoms with Crippen molar-refractivity contribution in [3.63, 3.8) is 0 Å². The largest absolute Gasteiger partial charge is 0.481 e. The van der Waals surface area contributed by atoms with Crippen LogP contribution in [-0.2, 0) is 28.8 Å². The van der Waals surface area contributed by atoms with E-state index in [1.165, 1.54) is 0 Å². The molecule has 0 heterocycles. The quantitative estimate of drug-likeness (QED) is 0.0982. The summed E-state index contributed by atoms with van der Waals surface area (Å²) in [5.41, 5.74) is 15.7. The van der Waals surface area contributed by atoms with Crippen molar-refractivity contribution < 1.29 is 44.1 Å². The Kier molecular flexibility index (Phi) is 13.1. The van der Waals surface area contributed by atoms with Gasteiger partial charge in [0.1, 0.15) is 24.2 Å². The second-order valence-corrected chi connectivity index (χ2v) is 6.86. The molecule has 0 aliphatic carbocycles. The number of aliphatic hydroxyl groups excluding tert-OH is 1. The average molecular weight is 462 g/mol. The Balaban J connectivity index is 5.50. The van der Waals surface area contributed by atoms with Gasteiger partial charge in [-0.25, -0.2) is 4.79 Å². The van der Waals surface area contributed by atoms with Crippen LogP contribution in [0.15, 0.2) is 0 Å². The molecule has 4 unspecified atom stereocenters. The van der Waals surface area contributed by atoms with E-state index in [0.29, 0.717) is 12.8 Å². The minimum atomic E-state index is -1.65. The second kappa shape index (κ2) is 14.7. The average Bonchev–Trinajstić information content (AvgIpc) is 2.70. The third-order valence-electron chi connectivity index (χ3n) is 4.14. The van der Waals surface area contributed by atoms with Gasteiger partial charge < -0.3 is 48.5 Å². The van der Waals surface area contributed by atoms with Crippen molar-refractivity contribution in [3.8, 4) is 0 Å². The Morgan fingerprint density at radius 3 is 1.78 bits per heavy atom. The van der Waals surface area contributed by atoms with Crippen LogP contribution in [0.3, 0.4) is 0 Å². The van der Waals surface area contributed by atoms with Gasteiger partial charge in [0, 0.05) is 0 Å². The molecule has 32 heavy (non-hydrogen) atoms. The number of carboxylic acid groups (broad SMARTS) is 2. The maximum Gasteiger partial charge on any atom is 0.326 e. The number of unbranched alkanes of at least 4 members (excludes halogenated alkanes) is 1. The third-order valence-corrected chi connectivity index (χ3v) is 4.14. The fraction of sp³-hybridized carbons (Fsp3) is 0.647. The molecule has 0 fully saturated rings. The minimum Gasteiger partial charge on any atom is -0.481 e. The number of amides is 4. The van der Waals surface area contributed by atoms with E-state index in [2.05, 4.69) is 16.0 Å². The zero-order valence-corrected chi connectivity index (χ0v) is 17.3. The predicted molar refractivity (Wildman–Crippen MR) is 107 cm³/mol. The van der Waals surface area contributed by atoms with Crippen molar-refractivity contribution in [2.45, 2.75) is 56.3 Å². The molecule has 4 amide bonds. The monoisotopic (exact) mass is 462 g/mol. The Morgan fingerprint density at radius 1 is 0.781 bits per heavy atom. The molecular formula is C17H30N6O9. The first-order valence-corrected chi connectivity index (χ1v) is 9.63. The first-order chi connectivity index (χ1) is 14.9. The highest BCUT2D eigenvalue weighted by Crippen LogP contribution is 2.05. The number of primary amides is 1. The number of hydrogen-bond acceptors (Lipinski definition) is 9. The molecule has 182 valence electrons. The first kappa shape index (κ1) is 28.7. The highest BCUT2D eigenvalue weighted by atomic mass is 16.4. The zero-order chi connectivity index (χ0) is 24.8. The molecule has 0 aliphatic rings. The Labute approximate surface area is 183 Å². The molecule has 4 atom stereocenters. The number of nitrogens with two attached hydrogens (primary N) is 3. The van der Waals surface area contributed by atoms with Crippen LogP contribution >= 0.6 is 0 Å². The number of carboxylic acids is 2. The lowest BCUT2D eigenvalue weighted by molar-refractivity contribution is -0.144. The maximum absolute atomic E-state index is 12.6. The van der Waals surface area contributed by atoms with Crippen LogP contribution in [0.4, 0.5) is 0 Å². The lowest BCUT2D eigenvalue weighted by Crippen LogP contribution is -2.58. The molecule has 0 aromatic rings. The van der Waals surface area contributed by atoms with Crippen molar-refractivity contribution in [2.24, 2.45) is 17.2 Å². The highest BCUT2D eigenvalue weighted by molar-refractivity contribution is 5.96. The summed E-state index contributed by atoms with van der Waals surface area (Å²) in [6.07, 6.45) is -0.743. The van der Waals surface area contributed by atoms with E-state index in [9.17, 15) is 28.8 Å². The predicted octanol–water partition coefficient (Wildman–Crippen LogP) is -4.68. The standard InChI is InChI=1S/C17H30N6O9/c18-4-2-1-3-9(15(29)23-11(17(31)32)5-12(20)25)21-16(30)10(6-13(26)27)22-14(28)8(19)7-24/h8-11,24H,1-7,18-19H2,(H2,20,25)(H,21,30)(H,22,28)(H,23,29)(H,26,27)(H,31,32). The van der Waals surface area contributed by atoms with Gasteiger partial charge in [-0.1, -0.05) is 0 Å². The summed E-state index contributed by atoms with van der Waals surface area (Å²) < 4.78 is 0. The van der Waals surface area contributed by atoms with Crippen LogP contribution in [0, 0.1) is 0 Å². The SMILES string of the molecule is NCCCCC(NC(=O)C(CC(=O)O)NC(=O)C(N)CO)C(=O)NC(CC(N)=O)C(=O)O. The van der Waals surface area contributed by atoms with Gasteiger partial charge >= 0.3 is 11.9 Å². The topological polar surface area (TPSA) is 277 Å². The molecule has 0 saturated carbocycles.